The number of rotatable bonds is 5. The van der Waals surface area contributed by atoms with E-state index in [1.165, 1.54) is 27.2 Å². The lowest BCUT2D eigenvalue weighted by Crippen LogP contribution is -2.03. The highest BCUT2D eigenvalue weighted by Gasteiger charge is 2.00. The predicted molar refractivity (Wildman–Crippen MR) is 88.7 cm³/mol. The molecule has 3 aromatic rings. The minimum Gasteiger partial charge on any atom is -0.384 e. The van der Waals surface area contributed by atoms with Crippen LogP contribution in [-0.4, -0.2) is 17.3 Å². The van der Waals surface area contributed by atoms with Crippen LogP contribution in [0.4, 0.5) is 5.69 Å². The third kappa shape index (κ3) is 3.17. The van der Waals surface area contributed by atoms with Crippen molar-refractivity contribution in [1.82, 2.24) is 4.98 Å². The molecule has 0 bridgehead atoms. The van der Waals surface area contributed by atoms with Crippen LogP contribution in [0.25, 0.3) is 10.9 Å². The Morgan fingerprint density at radius 3 is 2.65 bits per heavy atom. The average Bonchev–Trinajstić information content (AvgIpc) is 2.88. The van der Waals surface area contributed by atoms with Crippen molar-refractivity contribution in [2.75, 3.05) is 17.6 Å². The maximum Gasteiger partial charge on any atom is 0.0733 e. The van der Waals surface area contributed by atoms with E-state index in [2.05, 4.69) is 71.8 Å². The van der Waals surface area contributed by atoms with Crippen molar-refractivity contribution >= 4 is 28.4 Å². The number of fused-ring (bicyclic) bond motifs is 1. The van der Waals surface area contributed by atoms with Crippen molar-refractivity contribution in [3.63, 3.8) is 0 Å². The molecule has 2 nitrogen and oxygen atoms in total. The van der Waals surface area contributed by atoms with Crippen LogP contribution in [0.3, 0.4) is 0 Å². The summed E-state index contributed by atoms with van der Waals surface area (Å²) in [6, 6.07) is 19.1. The van der Waals surface area contributed by atoms with E-state index >= 15 is 0 Å². The molecule has 1 heterocycles. The van der Waals surface area contributed by atoms with Crippen LogP contribution in [0.5, 0.6) is 0 Å². The predicted octanol–water partition coefficient (Wildman–Crippen LogP) is 4.68. The molecule has 2 N–H and O–H groups in total. The number of nitrogens with one attached hydrogen (secondary N) is 2. The van der Waals surface area contributed by atoms with Crippen molar-refractivity contribution < 1.29 is 0 Å². The molecule has 0 amide bonds. The van der Waals surface area contributed by atoms with E-state index in [1.54, 1.807) is 0 Å². The molecule has 3 heteroatoms. The molecule has 102 valence electrons. The number of hydrogen-bond acceptors (Lipinski definition) is 2. The first-order valence-corrected chi connectivity index (χ1v) is 7.81. The van der Waals surface area contributed by atoms with Gasteiger partial charge in [-0.3, -0.25) is 0 Å². The van der Waals surface area contributed by atoms with E-state index in [-0.39, 0.29) is 0 Å². The summed E-state index contributed by atoms with van der Waals surface area (Å²) in [4.78, 5) is 3.44. The van der Waals surface area contributed by atoms with Crippen molar-refractivity contribution in [3.8, 4) is 0 Å². The van der Waals surface area contributed by atoms with Crippen molar-refractivity contribution in [2.45, 2.75) is 11.9 Å². The lowest BCUT2D eigenvalue weighted by molar-refractivity contribution is 1.19. The largest absolute Gasteiger partial charge is 0.384 e. The van der Waals surface area contributed by atoms with E-state index in [4.69, 9.17) is 0 Å². The molecule has 0 atom stereocenters. The van der Waals surface area contributed by atoms with E-state index < -0.39 is 0 Å². The smallest absolute Gasteiger partial charge is 0.0733 e. The average molecular weight is 282 g/mol. The van der Waals surface area contributed by atoms with Crippen LogP contribution in [0.1, 0.15) is 5.56 Å². The Kier molecular flexibility index (Phi) is 3.97. The molecule has 0 aliphatic rings. The van der Waals surface area contributed by atoms with Crippen molar-refractivity contribution in [3.05, 3.63) is 60.2 Å². The molecule has 20 heavy (non-hydrogen) atoms. The molecule has 0 saturated heterocycles. The first kappa shape index (κ1) is 13.1. The Labute approximate surface area is 123 Å². The molecular formula is C17H18N2S. The Bertz CT molecular complexity index is 653. The lowest BCUT2D eigenvalue weighted by atomic mass is 10.2. The second-order valence-electron chi connectivity index (χ2n) is 4.86. The summed E-state index contributed by atoms with van der Waals surface area (Å²) >= 11 is 1.85. The maximum atomic E-state index is 3.44. The summed E-state index contributed by atoms with van der Waals surface area (Å²) in [6.45, 7) is 3.07. The third-order valence-electron chi connectivity index (χ3n) is 3.25. The van der Waals surface area contributed by atoms with Gasteiger partial charge in [0.1, 0.15) is 0 Å². The molecule has 0 saturated carbocycles. The van der Waals surface area contributed by atoms with Crippen LogP contribution in [0.15, 0.2) is 59.6 Å². The standard InChI is InChI=1S/C17H18N2S/c1-13-6-8-15(9-7-13)18-10-11-20-17-12-14-4-2-3-5-16(14)19-17/h2-9,12,18-19H,10-11H2,1H3. The zero-order valence-corrected chi connectivity index (χ0v) is 12.3. The monoisotopic (exact) mass is 282 g/mol. The molecule has 0 aliphatic heterocycles. The van der Waals surface area contributed by atoms with Gasteiger partial charge in [-0.2, -0.15) is 0 Å². The SMILES string of the molecule is Cc1ccc(NCCSc2cc3ccccc3[nH]2)cc1. The van der Waals surface area contributed by atoms with Crippen LogP contribution < -0.4 is 5.32 Å². The van der Waals surface area contributed by atoms with Gasteiger partial charge in [0.25, 0.3) is 0 Å². The molecule has 0 aliphatic carbocycles. The van der Waals surface area contributed by atoms with Gasteiger partial charge in [-0.25, -0.2) is 0 Å². The minimum atomic E-state index is 0.961. The highest BCUT2D eigenvalue weighted by molar-refractivity contribution is 7.99. The van der Waals surface area contributed by atoms with E-state index in [1.807, 2.05) is 11.8 Å². The molecule has 2 aromatic carbocycles. The van der Waals surface area contributed by atoms with Gasteiger partial charge in [0.2, 0.25) is 0 Å². The summed E-state index contributed by atoms with van der Waals surface area (Å²) < 4.78 is 0. The van der Waals surface area contributed by atoms with E-state index in [9.17, 15) is 0 Å². The Morgan fingerprint density at radius 1 is 1.05 bits per heavy atom. The fourth-order valence-corrected chi connectivity index (χ4v) is 2.97. The molecule has 0 unspecified atom stereocenters. The Hall–Kier alpha value is -1.87. The quantitative estimate of drug-likeness (QED) is 0.525. The zero-order chi connectivity index (χ0) is 13.8. The highest BCUT2D eigenvalue weighted by Crippen LogP contribution is 2.22. The third-order valence-corrected chi connectivity index (χ3v) is 4.18. The first-order chi connectivity index (χ1) is 9.81. The van der Waals surface area contributed by atoms with E-state index in [0.29, 0.717) is 0 Å². The normalized spacial score (nSPS) is 10.8. The first-order valence-electron chi connectivity index (χ1n) is 6.82. The molecule has 3 rings (SSSR count). The summed E-state index contributed by atoms with van der Waals surface area (Å²) in [5, 5.41) is 5.95. The summed E-state index contributed by atoms with van der Waals surface area (Å²) in [5.41, 5.74) is 3.69. The van der Waals surface area contributed by atoms with Crippen LogP contribution in [-0.2, 0) is 0 Å². The Morgan fingerprint density at radius 2 is 1.85 bits per heavy atom. The molecular weight excluding hydrogens is 264 g/mol. The van der Waals surface area contributed by atoms with Gasteiger partial charge in [0.05, 0.1) is 5.03 Å². The van der Waals surface area contributed by atoms with Gasteiger partial charge < -0.3 is 10.3 Å². The van der Waals surface area contributed by atoms with Gasteiger partial charge in [-0.05, 0) is 31.2 Å². The topological polar surface area (TPSA) is 27.8 Å². The number of anilines is 1. The van der Waals surface area contributed by atoms with Crippen LogP contribution >= 0.6 is 11.8 Å². The number of aromatic amines is 1. The number of hydrogen-bond donors (Lipinski definition) is 2. The van der Waals surface area contributed by atoms with E-state index in [0.717, 1.165) is 12.3 Å². The fraction of sp³-hybridized carbons (Fsp3) is 0.176. The summed E-state index contributed by atoms with van der Waals surface area (Å²) in [7, 11) is 0. The number of thioether (sulfide) groups is 1. The zero-order valence-electron chi connectivity index (χ0n) is 11.5. The fourth-order valence-electron chi connectivity index (χ4n) is 2.15. The molecule has 0 radical (unpaired) electrons. The Balaban J connectivity index is 1.51. The maximum absolute atomic E-state index is 3.44. The number of benzene rings is 2. The summed E-state index contributed by atoms with van der Waals surface area (Å²) in [6.07, 6.45) is 0. The van der Waals surface area contributed by atoms with Gasteiger partial charge in [-0.15, -0.1) is 11.8 Å². The second kappa shape index (κ2) is 6.06. The minimum absolute atomic E-state index is 0.961. The van der Waals surface area contributed by atoms with Gasteiger partial charge in [0, 0.05) is 28.9 Å². The van der Waals surface area contributed by atoms with Gasteiger partial charge >= 0.3 is 0 Å². The van der Waals surface area contributed by atoms with Crippen LogP contribution in [0, 0.1) is 6.92 Å². The number of aryl methyl sites for hydroxylation is 1. The molecule has 0 fully saturated rings. The van der Waals surface area contributed by atoms with Crippen LogP contribution in [0.2, 0.25) is 0 Å². The number of para-hydroxylation sites is 1. The summed E-state index contributed by atoms with van der Waals surface area (Å²) in [5.74, 6) is 1.04. The lowest BCUT2D eigenvalue weighted by Gasteiger charge is -2.05. The number of H-pyrrole nitrogens is 1. The van der Waals surface area contributed by atoms with Crippen molar-refractivity contribution in [1.29, 1.82) is 0 Å². The van der Waals surface area contributed by atoms with Gasteiger partial charge in [0.15, 0.2) is 0 Å². The number of aromatic nitrogens is 1. The van der Waals surface area contributed by atoms with Gasteiger partial charge in [-0.1, -0.05) is 35.9 Å². The van der Waals surface area contributed by atoms with Crippen molar-refractivity contribution in [2.24, 2.45) is 0 Å². The molecule has 0 spiro atoms. The second-order valence-corrected chi connectivity index (χ2v) is 6.00. The highest BCUT2D eigenvalue weighted by atomic mass is 32.2. The molecule has 1 aromatic heterocycles.